The van der Waals surface area contributed by atoms with Gasteiger partial charge in [0.1, 0.15) is 5.75 Å². The highest BCUT2D eigenvalue weighted by Gasteiger charge is 2.22. The van der Waals surface area contributed by atoms with E-state index in [9.17, 15) is 0 Å². The molecule has 0 heterocycles. The molecule has 1 aliphatic carbocycles. The highest BCUT2D eigenvalue weighted by Crippen LogP contribution is 2.27. The average Bonchev–Trinajstić information content (AvgIpc) is 2.38. The van der Waals surface area contributed by atoms with Crippen molar-refractivity contribution in [2.75, 3.05) is 7.11 Å². The van der Waals surface area contributed by atoms with Gasteiger partial charge in [-0.05, 0) is 46.5 Å². The summed E-state index contributed by atoms with van der Waals surface area (Å²) in [7, 11) is 1.66. The molecule has 3 nitrogen and oxygen atoms in total. The maximum Gasteiger partial charge on any atom is 0.133 e. The second-order valence-electron chi connectivity index (χ2n) is 4.77. The lowest BCUT2D eigenvalue weighted by molar-refractivity contribution is 0.00401. The molecule has 1 fully saturated rings. The lowest BCUT2D eigenvalue weighted by Crippen LogP contribution is -2.39. The zero-order chi connectivity index (χ0) is 13.0. The van der Waals surface area contributed by atoms with E-state index in [1.54, 1.807) is 7.11 Å². The monoisotopic (exact) mass is 313 g/mol. The molecule has 0 amide bonds. The number of hydrogen-bond donors (Lipinski definition) is 1. The molecule has 2 N–H and O–H groups in total. The van der Waals surface area contributed by atoms with Gasteiger partial charge in [-0.25, -0.2) is 0 Å². The summed E-state index contributed by atoms with van der Waals surface area (Å²) in [6.45, 7) is 0.612. The van der Waals surface area contributed by atoms with Crippen LogP contribution in [0, 0.1) is 0 Å². The van der Waals surface area contributed by atoms with Crippen LogP contribution >= 0.6 is 15.9 Å². The molecule has 0 bridgehead atoms. The highest BCUT2D eigenvalue weighted by atomic mass is 79.9. The van der Waals surface area contributed by atoms with Gasteiger partial charge in [0.15, 0.2) is 0 Å². The van der Waals surface area contributed by atoms with E-state index in [0.29, 0.717) is 6.61 Å². The fraction of sp³-hybridized carbons (Fsp3) is 0.571. The van der Waals surface area contributed by atoms with Crippen molar-refractivity contribution >= 4 is 15.9 Å². The van der Waals surface area contributed by atoms with E-state index >= 15 is 0 Å². The van der Waals surface area contributed by atoms with Crippen molar-refractivity contribution in [3.8, 4) is 5.75 Å². The van der Waals surface area contributed by atoms with Gasteiger partial charge in [-0.15, -0.1) is 0 Å². The van der Waals surface area contributed by atoms with Crippen LogP contribution in [-0.4, -0.2) is 19.3 Å². The minimum Gasteiger partial charge on any atom is -0.496 e. The van der Waals surface area contributed by atoms with Gasteiger partial charge in [0.2, 0.25) is 0 Å². The fourth-order valence-corrected chi connectivity index (χ4v) is 2.92. The smallest absolute Gasteiger partial charge is 0.133 e. The van der Waals surface area contributed by atoms with Crippen molar-refractivity contribution in [2.24, 2.45) is 5.73 Å². The Kier molecular flexibility index (Phi) is 5.03. The number of methoxy groups -OCH3 is 1. The molecule has 100 valence electrons. The summed E-state index contributed by atoms with van der Waals surface area (Å²) >= 11 is 3.48. The van der Waals surface area contributed by atoms with Gasteiger partial charge < -0.3 is 15.2 Å². The van der Waals surface area contributed by atoms with Crippen LogP contribution in [-0.2, 0) is 11.3 Å². The van der Waals surface area contributed by atoms with Crippen LogP contribution in [0.25, 0.3) is 0 Å². The van der Waals surface area contributed by atoms with E-state index in [4.69, 9.17) is 15.2 Å². The SMILES string of the molecule is COc1ccc(COC2CCCCC2N)cc1Br. The number of rotatable bonds is 4. The van der Waals surface area contributed by atoms with Gasteiger partial charge in [0, 0.05) is 6.04 Å². The Morgan fingerprint density at radius 2 is 2.11 bits per heavy atom. The molecular formula is C14H20BrNO2. The fourth-order valence-electron chi connectivity index (χ4n) is 2.34. The van der Waals surface area contributed by atoms with Gasteiger partial charge in [-0.3, -0.25) is 0 Å². The zero-order valence-corrected chi connectivity index (χ0v) is 12.3. The Balaban J connectivity index is 1.91. The van der Waals surface area contributed by atoms with Gasteiger partial charge in [-0.1, -0.05) is 18.9 Å². The van der Waals surface area contributed by atoms with Crippen LogP contribution in [0.2, 0.25) is 0 Å². The maximum atomic E-state index is 6.06. The predicted octanol–water partition coefficient (Wildman–Crippen LogP) is 3.24. The third-order valence-electron chi connectivity index (χ3n) is 3.43. The minimum absolute atomic E-state index is 0.195. The first-order valence-corrected chi connectivity index (χ1v) is 7.19. The first-order chi connectivity index (χ1) is 8.70. The van der Waals surface area contributed by atoms with E-state index in [1.165, 1.54) is 12.8 Å². The summed E-state index contributed by atoms with van der Waals surface area (Å²) < 4.78 is 12.1. The lowest BCUT2D eigenvalue weighted by atomic mass is 9.93. The van der Waals surface area contributed by atoms with Crippen molar-refractivity contribution in [1.82, 2.24) is 0 Å². The third kappa shape index (κ3) is 3.46. The summed E-state index contributed by atoms with van der Waals surface area (Å²) in [5, 5.41) is 0. The molecule has 0 radical (unpaired) electrons. The molecule has 2 atom stereocenters. The van der Waals surface area contributed by atoms with Crippen molar-refractivity contribution < 1.29 is 9.47 Å². The van der Waals surface area contributed by atoms with Gasteiger partial charge >= 0.3 is 0 Å². The Morgan fingerprint density at radius 1 is 1.33 bits per heavy atom. The molecule has 0 aliphatic heterocycles. The van der Waals surface area contributed by atoms with Gasteiger partial charge in [0.05, 0.1) is 24.3 Å². The molecule has 2 unspecified atom stereocenters. The van der Waals surface area contributed by atoms with Crippen LogP contribution in [0.4, 0.5) is 0 Å². The molecule has 0 spiro atoms. The molecule has 1 aliphatic rings. The summed E-state index contributed by atoms with van der Waals surface area (Å²) in [5.41, 5.74) is 7.20. The summed E-state index contributed by atoms with van der Waals surface area (Å²) in [5.74, 6) is 0.841. The largest absolute Gasteiger partial charge is 0.496 e. The van der Waals surface area contributed by atoms with Crippen LogP contribution in [0.15, 0.2) is 22.7 Å². The quantitative estimate of drug-likeness (QED) is 0.928. The molecule has 1 saturated carbocycles. The minimum atomic E-state index is 0.195. The van der Waals surface area contributed by atoms with E-state index in [2.05, 4.69) is 15.9 Å². The average molecular weight is 314 g/mol. The molecular weight excluding hydrogens is 294 g/mol. The molecule has 1 aromatic rings. The van der Waals surface area contributed by atoms with Crippen LogP contribution in [0.5, 0.6) is 5.75 Å². The van der Waals surface area contributed by atoms with Crippen LogP contribution < -0.4 is 10.5 Å². The van der Waals surface area contributed by atoms with Crippen LogP contribution in [0.3, 0.4) is 0 Å². The third-order valence-corrected chi connectivity index (χ3v) is 4.05. The van der Waals surface area contributed by atoms with Crippen molar-refractivity contribution in [1.29, 1.82) is 0 Å². The molecule has 1 aromatic carbocycles. The van der Waals surface area contributed by atoms with E-state index in [1.807, 2.05) is 18.2 Å². The molecule has 0 saturated heterocycles. The summed E-state index contributed by atoms with van der Waals surface area (Å²) in [6.07, 6.45) is 4.83. The number of nitrogens with two attached hydrogens (primary N) is 1. The molecule has 2 rings (SSSR count). The van der Waals surface area contributed by atoms with E-state index in [-0.39, 0.29) is 12.1 Å². The van der Waals surface area contributed by atoms with E-state index in [0.717, 1.165) is 28.6 Å². The number of halogens is 1. The molecule has 0 aromatic heterocycles. The second kappa shape index (κ2) is 6.55. The molecule has 4 heteroatoms. The lowest BCUT2D eigenvalue weighted by Gasteiger charge is -2.28. The topological polar surface area (TPSA) is 44.5 Å². The Bertz CT molecular complexity index is 397. The normalized spacial score (nSPS) is 23.9. The first kappa shape index (κ1) is 13.8. The standard InChI is InChI=1S/C14H20BrNO2/c1-17-13-7-6-10(8-11(13)15)9-18-14-5-3-2-4-12(14)16/h6-8,12,14H,2-5,9,16H2,1H3. The van der Waals surface area contributed by atoms with Crippen LogP contribution in [0.1, 0.15) is 31.2 Å². The Hall–Kier alpha value is -0.580. The maximum absolute atomic E-state index is 6.06. The predicted molar refractivity (Wildman–Crippen MR) is 75.7 cm³/mol. The molecule has 18 heavy (non-hydrogen) atoms. The Morgan fingerprint density at radius 3 is 2.78 bits per heavy atom. The Labute approximate surface area is 117 Å². The first-order valence-electron chi connectivity index (χ1n) is 6.40. The van der Waals surface area contributed by atoms with E-state index < -0.39 is 0 Å². The summed E-state index contributed by atoms with van der Waals surface area (Å²) in [4.78, 5) is 0. The van der Waals surface area contributed by atoms with Gasteiger partial charge in [-0.2, -0.15) is 0 Å². The van der Waals surface area contributed by atoms with Gasteiger partial charge in [0.25, 0.3) is 0 Å². The zero-order valence-electron chi connectivity index (χ0n) is 10.7. The summed E-state index contributed by atoms with van der Waals surface area (Å²) in [6, 6.07) is 6.20. The second-order valence-corrected chi connectivity index (χ2v) is 5.62. The highest BCUT2D eigenvalue weighted by molar-refractivity contribution is 9.10. The number of ether oxygens (including phenoxy) is 2. The van der Waals surface area contributed by atoms with Crippen molar-refractivity contribution in [3.05, 3.63) is 28.2 Å². The van der Waals surface area contributed by atoms with Crippen molar-refractivity contribution in [2.45, 2.75) is 44.4 Å². The number of benzene rings is 1. The van der Waals surface area contributed by atoms with Crippen molar-refractivity contribution in [3.63, 3.8) is 0 Å². The number of hydrogen-bond acceptors (Lipinski definition) is 3.